The number of hydrogen-bond donors (Lipinski definition) is 0. The van der Waals surface area contributed by atoms with E-state index in [1.165, 1.54) is 26.2 Å². The highest BCUT2D eigenvalue weighted by atomic mass is 32.2. The molecule has 0 spiro atoms. The molecule has 0 bridgehead atoms. The highest BCUT2D eigenvalue weighted by molar-refractivity contribution is 7.88. The number of furan rings is 1. The largest absolute Gasteiger partial charge is 0.446 e. The summed E-state index contributed by atoms with van der Waals surface area (Å²) in [5.41, 5.74) is 0.954. The smallest absolute Gasteiger partial charge is 0.275 e. The van der Waals surface area contributed by atoms with Gasteiger partial charge in [0.2, 0.25) is 5.09 Å². The molecule has 2 aromatic rings. The van der Waals surface area contributed by atoms with Crippen molar-refractivity contribution < 1.29 is 21.6 Å². The molecule has 5 nitrogen and oxygen atoms in total. The first-order chi connectivity index (χ1) is 10.8. The lowest BCUT2D eigenvalue weighted by molar-refractivity contribution is 0.397. The molecule has 0 fully saturated rings. The summed E-state index contributed by atoms with van der Waals surface area (Å²) in [6.07, 6.45) is 0.477. The molecule has 3 rings (SSSR count). The number of halogens is 2. The Kier molecular flexibility index (Phi) is 3.89. The molecule has 23 heavy (non-hydrogen) atoms. The van der Waals surface area contributed by atoms with Crippen molar-refractivity contribution in [2.24, 2.45) is 0 Å². The van der Waals surface area contributed by atoms with Crippen molar-refractivity contribution in [1.29, 1.82) is 0 Å². The third-order valence-corrected chi connectivity index (χ3v) is 5.52. The van der Waals surface area contributed by atoms with Crippen molar-refractivity contribution in [3.05, 3.63) is 47.2 Å². The topological polar surface area (TPSA) is 53.8 Å². The van der Waals surface area contributed by atoms with Crippen LogP contribution in [0.15, 0.2) is 33.8 Å². The summed E-state index contributed by atoms with van der Waals surface area (Å²) in [7, 11) is -0.803. The van der Waals surface area contributed by atoms with Gasteiger partial charge in [-0.05, 0) is 24.6 Å². The van der Waals surface area contributed by atoms with Crippen molar-refractivity contribution in [1.82, 2.24) is 4.31 Å². The lowest BCUT2D eigenvalue weighted by Gasteiger charge is -2.18. The van der Waals surface area contributed by atoms with Gasteiger partial charge in [-0.3, -0.25) is 0 Å². The van der Waals surface area contributed by atoms with Crippen LogP contribution in [0, 0.1) is 11.6 Å². The summed E-state index contributed by atoms with van der Waals surface area (Å²) in [4.78, 5) is 1.77. The molecule has 1 aliphatic heterocycles. The Morgan fingerprint density at radius 3 is 2.70 bits per heavy atom. The quantitative estimate of drug-likeness (QED) is 0.856. The van der Waals surface area contributed by atoms with E-state index in [0.29, 0.717) is 30.0 Å². The van der Waals surface area contributed by atoms with E-state index in [9.17, 15) is 17.2 Å². The maximum Gasteiger partial charge on any atom is 0.275 e. The first kappa shape index (κ1) is 15.9. The van der Waals surface area contributed by atoms with Crippen molar-refractivity contribution in [2.45, 2.75) is 18.1 Å². The molecule has 1 aromatic carbocycles. The van der Waals surface area contributed by atoms with Gasteiger partial charge in [-0.25, -0.2) is 21.5 Å². The molecule has 1 aliphatic rings. The summed E-state index contributed by atoms with van der Waals surface area (Å²) >= 11 is 0. The molecule has 124 valence electrons. The Morgan fingerprint density at radius 1 is 1.26 bits per heavy atom. The Morgan fingerprint density at radius 2 is 2.00 bits per heavy atom. The Balaban J connectivity index is 1.85. The van der Waals surface area contributed by atoms with Crippen LogP contribution in [-0.2, 0) is 23.0 Å². The first-order valence-corrected chi connectivity index (χ1v) is 8.47. The van der Waals surface area contributed by atoms with E-state index in [-0.39, 0.29) is 11.6 Å². The van der Waals surface area contributed by atoms with E-state index >= 15 is 0 Å². The van der Waals surface area contributed by atoms with Crippen molar-refractivity contribution in [3.63, 3.8) is 0 Å². The second kappa shape index (κ2) is 5.61. The molecule has 0 amide bonds. The van der Waals surface area contributed by atoms with Crippen LogP contribution in [0.25, 0.3) is 0 Å². The number of fused-ring (bicyclic) bond motifs is 1. The van der Waals surface area contributed by atoms with Crippen LogP contribution < -0.4 is 4.90 Å². The summed E-state index contributed by atoms with van der Waals surface area (Å²) in [6, 6.07) is 5.10. The van der Waals surface area contributed by atoms with Gasteiger partial charge in [-0.2, -0.15) is 0 Å². The van der Waals surface area contributed by atoms with Crippen LogP contribution >= 0.6 is 0 Å². The number of nitrogens with zero attached hydrogens (tertiary/aromatic N) is 2. The molecule has 8 heteroatoms. The maximum atomic E-state index is 13.7. The van der Waals surface area contributed by atoms with E-state index in [1.807, 2.05) is 0 Å². The fourth-order valence-electron chi connectivity index (χ4n) is 2.60. The zero-order chi connectivity index (χ0) is 16.8. The van der Waals surface area contributed by atoms with Crippen LogP contribution in [0.1, 0.15) is 11.3 Å². The SMILES string of the molecule is CN(C)S(=O)(=O)c1ccc(CN2CCc3c(F)cc(F)cc32)o1. The minimum atomic E-state index is -3.64. The summed E-state index contributed by atoms with van der Waals surface area (Å²) in [6.45, 7) is 0.769. The minimum Gasteiger partial charge on any atom is -0.446 e. The van der Waals surface area contributed by atoms with Gasteiger partial charge in [0, 0.05) is 38.0 Å². The lowest BCUT2D eigenvalue weighted by atomic mass is 10.1. The minimum absolute atomic E-state index is 0.151. The molecule has 0 aliphatic carbocycles. The monoisotopic (exact) mass is 342 g/mol. The van der Waals surface area contributed by atoms with Crippen molar-refractivity contribution >= 4 is 15.7 Å². The van der Waals surface area contributed by atoms with Gasteiger partial charge in [0.1, 0.15) is 17.4 Å². The maximum absolute atomic E-state index is 13.7. The molecule has 0 unspecified atom stereocenters. The number of sulfonamides is 1. The van der Waals surface area contributed by atoms with Crippen LogP contribution in [0.2, 0.25) is 0 Å². The van der Waals surface area contributed by atoms with E-state index < -0.39 is 21.7 Å². The predicted octanol–water partition coefficient (Wildman–Crippen LogP) is 2.37. The van der Waals surface area contributed by atoms with Gasteiger partial charge in [0.25, 0.3) is 10.0 Å². The predicted molar refractivity (Wildman–Crippen MR) is 80.7 cm³/mol. The fourth-order valence-corrected chi connectivity index (χ4v) is 3.41. The zero-order valence-electron chi connectivity index (χ0n) is 12.7. The molecule has 0 atom stereocenters. The van der Waals surface area contributed by atoms with E-state index in [2.05, 4.69) is 0 Å². The van der Waals surface area contributed by atoms with Gasteiger partial charge in [-0.15, -0.1) is 0 Å². The molecule has 0 saturated carbocycles. The number of rotatable bonds is 4. The van der Waals surface area contributed by atoms with Gasteiger partial charge in [0.05, 0.1) is 6.54 Å². The first-order valence-electron chi connectivity index (χ1n) is 7.03. The van der Waals surface area contributed by atoms with Crippen molar-refractivity contribution in [3.8, 4) is 0 Å². The number of anilines is 1. The Hall–Kier alpha value is -1.93. The average molecular weight is 342 g/mol. The van der Waals surface area contributed by atoms with Crippen molar-refractivity contribution in [2.75, 3.05) is 25.5 Å². The summed E-state index contributed by atoms with van der Waals surface area (Å²) in [5.74, 6) is -0.774. The number of benzene rings is 1. The normalized spacial score (nSPS) is 14.6. The zero-order valence-corrected chi connectivity index (χ0v) is 13.5. The highest BCUT2D eigenvalue weighted by Gasteiger charge is 2.26. The van der Waals surface area contributed by atoms with Gasteiger partial charge < -0.3 is 9.32 Å². The van der Waals surface area contributed by atoms with Gasteiger partial charge >= 0.3 is 0 Å². The highest BCUT2D eigenvalue weighted by Crippen LogP contribution is 2.32. The molecule has 0 N–H and O–H groups in total. The Bertz CT molecular complexity index is 846. The van der Waals surface area contributed by atoms with Gasteiger partial charge in [-0.1, -0.05) is 0 Å². The van der Waals surface area contributed by atoms with Crippen LogP contribution in [0.4, 0.5) is 14.5 Å². The second-order valence-corrected chi connectivity index (χ2v) is 7.65. The van der Waals surface area contributed by atoms with E-state index in [0.717, 1.165) is 10.4 Å². The van der Waals surface area contributed by atoms with Crippen LogP contribution in [0.3, 0.4) is 0 Å². The van der Waals surface area contributed by atoms with Crippen LogP contribution in [-0.4, -0.2) is 33.4 Å². The molecule has 1 aromatic heterocycles. The fraction of sp³-hybridized carbons (Fsp3) is 0.333. The molecular weight excluding hydrogens is 326 g/mol. The van der Waals surface area contributed by atoms with E-state index in [1.54, 1.807) is 11.0 Å². The molecular formula is C15H16F2N2O3S. The Labute approximate surface area is 133 Å². The lowest BCUT2D eigenvalue weighted by Crippen LogP contribution is -2.22. The number of hydrogen-bond acceptors (Lipinski definition) is 4. The second-order valence-electron chi connectivity index (χ2n) is 5.57. The van der Waals surface area contributed by atoms with Crippen LogP contribution in [0.5, 0.6) is 0 Å². The summed E-state index contributed by atoms with van der Waals surface area (Å²) < 4.78 is 57.6. The third-order valence-electron chi connectivity index (χ3n) is 3.83. The molecule has 2 heterocycles. The summed E-state index contributed by atoms with van der Waals surface area (Å²) in [5, 5.41) is -0.151. The van der Waals surface area contributed by atoms with Gasteiger partial charge in [0.15, 0.2) is 0 Å². The molecule has 0 radical (unpaired) electrons. The van der Waals surface area contributed by atoms with E-state index in [4.69, 9.17) is 4.42 Å². The standard InChI is InChI=1S/C15H16F2N2O3S/c1-18(2)23(20,21)15-4-3-11(22-15)9-19-6-5-12-13(17)7-10(16)8-14(12)19/h3-4,7-8H,5-6,9H2,1-2H3. The third kappa shape index (κ3) is 2.84. The average Bonchev–Trinajstić information content (AvgIpc) is 3.07. The molecule has 0 saturated heterocycles.